The van der Waals surface area contributed by atoms with Crippen LogP contribution in [-0.2, 0) is 0 Å². The summed E-state index contributed by atoms with van der Waals surface area (Å²) in [6.45, 7) is 12.7. The van der Waals surface area contributed by atoms with E-state index >= 15 is 0 Å². The Kier molecular flexibility index (Phi) is 5.74. The number of hydrogen-bond acceptors (Lipinski definition) is 4. The molecule has 3 aromatic heterocycles. The second kappa shape index (κ2) is 8.26. The molecule has 0 atom stereocenters. The first-order valence-electron chi connectivity index (χ1n) is 8.89. The van der Waals surface area contributed by atoms with Crippen LogP contribution in [0.25, 0.3) is 30.0 Å². The average Bonchev–Trinajstić information content (AvgIpc) is 3.42. The normalized spacial score (nSPS) is 10.9. The zero-order chi connectivity index (χ0) is 19.7. The molecule has 0 amide bonds. The fraction of sp³-hybridized carbons (Fsp3) is 0.0833. The largest absolute Gasteiger partial charge is 0.140 e. The Bertz CT molecular complexity index is 1140. The minimum Gasteiger partial charge on any atom is -0.140 e. The molecule has 1 aromatic carbocycles. The summed E-state index contributed by atoms with van der Waals surface area (Å²) >= 11 is 7.12. The topological polar surface area (TPSA) is 0 Å². The highest BCUT2D eigenvalue weighted by Crippen LogP contribution is 2.41. The summed E-state index contributed by atoms with van der Waals surface area (Å²) in [6.07, 6.45) is 0. The van der Waals surface area contributed by atoms with Crippen molar-refractivity contribution in [2.75, 3.05) is 0 Å². The Labute approximate surface area is 182 Å². The van der Waals surface area contributed by atoms with Crippen LogP contribution < -0.4 is 0 Å². The molecule has 28 heavy (non-hydrogen) atoms. The number of hydrogen-bond donors (Lipinski definition) is 0. The smallest absolute Gasteiger partial charge is 0.0449 e. The summed E-state index contributed by atoms with van der Waals surface area (Å²) in [4.78, 5) is 9.94. The Hall–Kier alpha value is -1.85. The van der Waals surface area contributed by atoms with Crippen LogP contribution in [0.4, 0.5) is 0 Å². The van der Waals surface area contributed by atoms with Gasteiger partial charge in [-0.25, -0.2) is 0 Å². The molecule has 0 fully saturated rings. The van der Waals surface area contributed by atoms with Crippen LogP contribution in [0.5, 0.6) is 0 Å². The van der Waals surface area contributed by atoms with Gasteiger partial charge in [-0.2, -0.15) is 0 Å². The molecule has 0 unspecified atom stereocenters. The molecule has 4 rings (SSSR count). The highest BCUT2D eigenvalue weighted by Gasteiger charge is 2.09. The molecule has 0 aliphatic carbocycles. The summed E-state index contributed by atoms with van der Waals surface area (Å²) in [5.41, 5.74) is 2.40. The van der Waals surface area contributed by atoms with Crippen molar-refractivity contribution in [3.8, 4) is 20.2 Å². The van der Waals surface area contributed by atoms with Gasteiger partial charge in [0.05, 0.1) is 0 Å². The van der Waals surface area contributed by atoms with Crippen LogP contribution in [0.1, 0.15) is 20.2 Å². The van der Waals surface area contributed by atoms with E-state index in [1.54, 1.807) is 23.1 Å². The lowest BCUT2D eigenvalue weighted by Crippen LogP contribution is -1.80. The van der Waals surface area contributed by atoms with E-state index in [0.29, 0.717) is 0 Å². The summed E-state index contributed by atoms with van der Waals surface area (Å²) in [5, 5.41) is 0. The Balaban J connectivity index is 1.47. The Morgan fingerprint density at radius 3 is 1.89 bits per heavy atom. The Morgan fingerprint density at radius 1 is 0.643 bits per heavy atom. The fourth-order valence-corrected chi connectivity index (χ4v) is 6.53. The van der Waals surface area contributed by atoms with E-state index in [0.717, 1.165) is 15.4 Å². The van der Waals surface area contributed by atoms with Crippen LogP contribution >= 0.6 is 45.8 Å². The van der Waals surface area contributed by atoms with E-state index in [1.807, 2.05) is 22.7 Å². The third kappa shape index (κ3) is 4.26. The van der Waals surface area contributed by atoms with Gasteiger partial charge in [-0.15, -0.1) is 34.0 Å². The Morgan fingerprint density at radius 2 is 1.25 bits per heavy atom. The molecule has 140 valence electrons. The van der Waals surface area contributed by atoms with Gasteiger partial charge >= 0.3 is 0 Å². The van der Waals surface area contributed by atoms with Gasteiger partial charge in [0.2, 0.25) is 0 Å². The molecule has 0 spiro atoms. The number of thioether (sulfide) groups is 1. The van der Waals surface area contributed by atoms with Gasteiger partial charge < -0.3 is 0 Å². The summed E-state index contributed by atoms with van der Waals surface area (Å²) < 4.78 is 0. The highest BCUT2D eigenvalue weighted by molar-refractivity contribution is 8.16. The van der Waals surface area contributed by atoms with E-state index in [1.165, 1.54) is 34.8 Å². The molecular weight excluding hydrogens is 417 g/mol. The van der Waals surface area contributed by atoms with Crippen LogP contribution in [-0.4, -0.2) is 0 Å². The van der Waals surface area contributed by atoms with E-state index in [9.17, 15) is 0 Å². The average molecular weight is 437 g/mol. The van der Waals surface area contributed by atoms with E-state index < -0.39 is 0 Å². The minimum absolute atomic E-state index is 1.03. The molecule has 0 N–H and O–H groups in total. The summed E-state index contributed by atoms with van der Waals surface area (Å²) in [7, 11) is 0. The van der Waals surface area contributed by atoms with Crippen molar-refractivity contribution in [3.63, 3.8) is 0 Å². The quantitative estimate of drug-likeness (QED) is 0.290. The SMILES string of the molecule is C=C(SC(=C)c1ccc(C)s1)c1ccc(-c2ccc(-c3ccc(C)s3)s2)cc1. The molecule has 0 nitrogen and oxygen atoms in total. The third-order valence-corrected chi connectivity index (χ3v) is 8.81. The molecule has 0 aliphatic heterocycles. The lowest BCUT2D eigenvalue weighted by molar-refractivity contribution is 1.64. The molecule has 4 aromatic rings. The van der Waals surface area contributed by atoms with Crippen LogP contribution in [0.2, 0.25) is 0 Å². The first-order chi connectivity index (χ1) is 13.5. The monoisotopic (exact) mass is 436 g/mol. The van der Waals surface area contributed by atoms with Gasteiger partial charge in [0.15, 0.2) is 0 Å². The number of aryl methyl sites for hydroxylation is 2. The van der Waals surface area contributed by atoms with Crippen molar-refractivity contribution in [1.82, 2.24) is 0 Å². The van der Waals surface area contributed by atoms with Gasteiger partial charge in [-0.1, -0.05) is 49.2 Å². The third-order valence-electron chi connectivity index (χ3n) is 4.34. The van der Waals surface area contributed by atoms with Gasteiger partial charge in [0.1, 0.15) is 0 Å². The van der Waals surface area contributed by atoms with Gasteiger partial charge in [0, 0.05) is 39.1 Å². The first-order valence-corrected chi connectivity index (χ1v) is 12.2. The molecule has 0 radical (unpaired) electrons. The number of thiophene rings is 3. The van der Waals surface area contributed by atoms with Gasteiger partial charge in [-0.3, -0.25) is 0 Å². The van der Waals surface area contributed by atoms with Crippen LogP contribution in [0.15, 0.2) is 73.8 Å². The van der Waals surface area contributed by atoms with Crippen LogP contribution in [0.3, 0.4) is 0 Å². The highest BCUT2D eigenvalue weighted by atomic mass is 32.2. The van der Waals surface area contributed by atoms with E-state index in [-0.39, 0.29) is 0 Å². The van der Waals surface area contributed by atoms with Crippen molar-refractivity contribution in [2.45, 2.75) is 13.8 Å². The molecule has 0 aliphatic rings. The predicted molar refractivity (Wildman–Crippen MR) is 133 cm³/mol. The van der Waals surface area contributed by atoms with Crippen molar-refractivity contribution in [3.05, 3.63) is 94.0 Å². The van der Waals surface area contributed by atoms with Crippen molar-refractivity contribution in [2.24, 2.45) is 0 Å². The molecule has 3 heterocycles. The molecule has 0 bridgehead atoms. The molecular formula is C24H20S4. The second-order valence-corrected chi connectivity index (χ2v) is 11.4. The van der Waals surface area contributed by atoms with E-state index in [4.69, 9.17) is 0 Å². The number of benzene rings is 1. The fourth-order valence-electron chi connectivity index (χ4n) is 2.86. The van der Waals surface area contributed by atoms with E-state index in [2.05, 4.69) is 87.7 Å². The van der Waals surface area contributed by atoms with Crippen molar-refractivity contribution >= 4 is 55.6 Å². The molecule has 0 saturated heterocycles. The standard InChI is InChI=1S/C24H20S4/c1-15-5-11-21(25-15)18(4)27-17(3)19-7-9-20(10-8-19)22-13-14-24(28-22)23-12-6-16(2)26-23/h5-14H,3-4H2,1-2H3. The minimum atomic E-state index is 1.03. The van der Waals surface area contributed by atoms with Gasteiger partial charge in [-0.05, 0) is 61.4 Å². The van der Waals surface area contributed by atoms with Crippen molar-refractivity contribution in [1.29, 1.82) is 0 Å². The lowest BCUT2D eigenvalue weighted by atomic mass is 10.1. The maximum absolute atomic E-state index is 4.26. The second-order valence-electron chi connectivity index (χ2n) is 6.51. The maximum Gasteiger partial charge on any atom is 0.0449 e. The first kappa shape index (κ1) is 19.5. The van der Waals surface area contributed by atoms with Crippen molar-refractivity contribution < 1.29 is 0 Å². The zero-order valence-corrected chi connectivity index (χ0v) is 19.1. The molecule has 4 heteroatoms. The van der Waals surface area contributed by atoms with Gasteiger partial charge in [0.25, 0.3) is 0 Å². The maximum atomic E-state index is 4.26. The zero-order valence-electron chi connectivity index (χ0n) is 15.8. The number of rotatable bonds is 6. The summed E-state index contributed by atoms with van der Waals surface area (Å²) in [5.74, 6) is 0. The predicted octanol–water partition coefficient (Wildman–Crippen LogP) is 9.20. The van der Waals surface area contributed by atoms with Crippen LogP contribution in [0, 0.1) is 13.8 Å². The lowest BCUT2D eigenvalue weighted by Gasteiger charge is -2.08. The molecule has 0 saturated carbocycles. The summed E-state index contributed by atoms with van der Waals surface area (Å²) in [6, 6.07) is 21.8.